The lowest BCUT2D eigenvalue weighted by Gasteiger charge is -2.21. The molecule has 0 atom stereocenters. The van der Waals surface area contributed by atoms with Gasteiger partial charge < -0.3 is 20.6 Å². The van der Waals surface area contributed by atoms with Gasteiger partial charge in [0.2, 0.25) is 0 Å². The lowest BCUT2D eigenvalue weighted by Crippen LogP contribution is -2.25. The van der Waals surface area contributed by atoms with Crippen LogP contribution in [0.15, 0.2) is 48.5 Å². The maximum Gasteiger partial charge on any atom is 0.120 e. The van der Waals surface area contributed by atoms with Gasteiger partial charge in [-0.3, -0.25) is 0 Å². The summed E-state index contributed by atoms with van der Waals surface area (Å²) in [5.41, 5.74) is 1.33. The van der Waals surface area contributed by atoms with Gasteiger partial charge in [-0.25, -0.2) is 0 Å². The quantitative estimate of drug-likeness (QED) is 0.660. The van der Waals surface area contributed by atoms with E-state index in [9.17, 15) is 10.2 Å². The molecule has 0 aliphatic carbocycles. The molecule has 2 aromatic rings. The minimum Gasteiger partial charge on any atom is -0.508 e. The van der Waals surface area contributed by atoms with Crippen LogP contribution in [0.4, 0.5) is 0 Å². The average Bonchev–Trinajstić information content (AvgIpc) is 2.42. The lowest BCUT2D eigenvalue weighted by atomic mass is 9.97. The molecule has 0 amide bonds. The van der Waals surface area contributed by atoms with Crippen molar-refractivity contribution < 1.29 is 15.3 Å². The summed E-state index contributed by atoms with van der Waals surface area (Å²) in [4.78, 5) is 0. The van der Waals surface area contributed by atoms with Crippen LogP contribution in [0.2, 0.25) is 0 Å². The smallest absolute Gasteiger partial charge is 0.120 e. The van der Waals surface area contributed by atoms with E-state index in [0.717, 1.165) is 0 Å². The Balaban J connectivity index is 2.42. The highest BCUT2D eigenvalue weighted by molar-refractivity contribution is 5.45. The summed E-state index contributed by atoms with van der Waals surface area (Å²) in [6.07, 6.45) is 0. The van der Waals surface area contributed by atoms with E-state index >= 15 is 0 Å². The van der Waals surface area contributed by atoms with Gasteiger partial charge in [0.1, 0.15) is 11.5 Å². The Morgan fingerprint density at radius 1 is 0.842 bits per heavy atom. The summed E-state index contributed by atoms with van der Waals surface area (Å²) < 4.78 is 0. The molecule has 0 aliphatic rings. The predicted octanol–water partition coefficient (Wildman–Crippen LogP) is 1.77. The summed E-state index contributed by atoms with van der Waals surface area (Å²) in [7, 11) is 0. The molecule has 0 radical (unpaired) electrons. The highest BCUT2D eigenvalue weighted by Gasteiger charge is 2.19. The number of phenols is 2. The van der Waals surface area contributed by atoms with Crippen LogP contribution in [0.3, 0.4) is 0 Å². The van der Waals surface area contributed by atoms with Crippen molar-refractivity contribution in [2.75, 3.05) is 13.2 Å². The van der Waals surface area contributed by atoms with Crippen LogP contribution >= 0.6 is 0 Å². The normalized spacial score (nSPS) is 10.8. The van der Waals surface area contributed by atoms with E-state index in [1.54, 1.807) is 36.4 Å². The first-order chi connectivity index (χ1) is 9.24. The second-order valence-corrected chi connectivity index (χ2v) is 4.23. The Morgan fingerprint density at radius 3 is 1.74 bits per heavy atom. The number of rotatable bonds is 5. The van der Waals surface area contributed by atoms with Crippen molar-refractivity contribution in [2.45, 2.75) is 6.04 Å². The van der Waals surface area contributed by atoms with Crippen LogP contribution in [0, 0.1) is 0 Å². The molecule has 0 aromatic heterocycles. The van der Waals surface area contributed by atoms with E-state index in [0.29, 0.717) is 17.7 Å². The Labute approximate surface area is 112 Å². The lowest BCUT2D eigenvalue weighted by molar-refractivity contribution is 0.287. The first kappa shape index (κ1) is 13.4. The number of hydrogen-bond acceptors (Lipinski definition) is 4. The van der Waals surface area contributed by atoms with Crippen molar-refractivity contribution in [3.63, 3.8) is 0 Å². The topological polar surface area (TPSA) is 72.7 Å². The van der Waals surface area contributed by atoms with Crippen molar-refractivity contribution in [2.24, 2.45) is 0 Å². The third-order valence-corrected chi connectivity index (χ3v) is 2.96. The maximum atomic E-state index is 9.95. The number of phenolic OH excluding ortho intramolecular Hbond substituents is 2. The zero-order valence-corrected chi connectivity index (χ0v) is 10.5. The number of nitrogens with one attached hydrogen (secondary N) is 1. The van der Waals surface area contributed by atoms with Gasteiger partial charge in [-0.1, -0.05) is 36.4 Å². The molecule has 0 aliphatic heterocycles. The fourth-order valence-corrected chi connectivity index (χ4v) is 2.06. The zero-order chi connectivity index (χ0) is 13.7. The molecule has 0 unspecified atom stereocenters. The third-order valence-electron chi connectivity index (χ3n) is 2.96. The van der Waals surface area contributed by atoms with Crippen molar-refractivity contribution in [3.05, 3.63) is 59.7 Å². The molecule has 100 valence electrons. The Kier molecular flexibility index (Phi) is 4.39. The van der Waals surface area contributed by atoms with Gasteiger partial charge in [-0.15, -0.1) is 0 Å². The zero-order valence-electron chi connectivity index (χ0n) is 10.5. The number of aliphatic hydroxyl groups is 1. The summed E-state index contributed by atoms with van der Waals surface area (Å²) >= 11 is 0. The predicted molar refractivity (Wildman–Crippen MR) is 73.1 cm³/mol. The Hall–Kier alpha value is -2.04. The van der Waals surface area contributed by atoms with Crippen LogP contribution in [-0.4, -0.2) is 28.5 Å². The second kappa shape index (κ2) is 6.22. The van der Waals surface area contributed by atoms with Crippen molar-refractivity contribution in [1.82, 2.24) is 5.32 Å². The second-order valence-electron chi connectivity index (χ2n) is 4.23. The van der Waals surface area contributed by atoms with Crippen LogP contribution in [0.5, 0.6) is 11.5 Å². The van der Waals surface area contributed by atoms with E-state index in [1.807, 2.05) is 12.1 Å². The molecular formula is C15H17NO3. The minimum atomic E-state index is -0.366. The molecule has 4 heteroatoms. The number of aromatic hydroxyl groups is 2. The molecule has 0 spiro atoms. The molecule has 2 aromatic carbocycles. The van der Waals surface area contributed by atoms with Crippen molar-refractivity contribution in [3.8, 4) is 11.5 Å². The van der Waals surface area contributed by atoms with E-state index < -0.39 is 0 Å². The summed E-state index contributed by atoms with van der Waals surface area (Å²) in [5.74, 6) is 0.308. The fraction of sp³-hybridized carbons (Fsp3) is 0.200. The summed E-state index contributed by atoms with van der Waals surface area (Å²) in [6.45, 7) is 0.352. The first-order valence-corrected chi connectivity index (χ1v) is 6.14. The number of aliphatic hydroxyl groups excluding tert-OH is 1. The Morgan fingerprint density at radius 2 is 1.32 bits per heavy atom. The molecule has 0 saturated heterocycles. The van der Waals surface area contributed by atoms with E-state index in [4.69, 9.17) is 5.11 Å². The van der Waals surface area contributed by atoms with E-state index in [-0.39, 0.29) is 24.1 Å². The SMILES string of the molecule is OCCNC(c1ccccc1O)c1ccccc1O. The molecule has 0 fully saturated rings. The van der Waals surface area contributed by atoms with Crippen LogP contribution in [-0.2, 0) is 0 Å². The maximum absolute atomic E-state index is 9.95. The number of benzene rings is 2. The summed E-state index contributed by atoms with van der Waals surface area (Å²) in [5, 5.41) is 32.0. The third kappa shape index (κ3) is 3.05. The van der Waals surface area contributed by atoms with Gasteiger partial charge in [0, 0.05) is 17.7 Å². The molecule has 2 rings (SSSR count). The molecule has 19 heavy (non-hydrogen) atoms. The molecular weight excluding hydrogens is 242 g/mol. The highest BCUT2D eigenvalue weighted by Crippen LogP contribution is 2.33. The molecule has 0 saturated carbocycles. The van der Waals surface area contributed by atoms with E-state index in [1.165, 1.54) is 0 Å². The average molecular weight is 259 g/mol. The monoisotopic (exact) mass is 259 g/mol. The Bertz CT molecular complexity index is 497. The van der Waals surface area contributed by atoms with Gasteiger partial charge in [-0.05, 0) is 12.1 Å². The van der Waals surface area contributed by atoms with Crippen LogP contribution in [0.25, 0.3) is 0 Å². The molecule has 0 heterocycles. The first-order valence-electron chi connectivity index (χ1n) is 6.14. The van der Waals surface area contributed by atoms with E-state index in [2.05, 4.69) is 5.32 Å². The van der Waals surface area contributed by atoms with Crippen molar-refractivity contribution in [1.29, 1.82) is 0 Å². The molecule has 4 N–H and O–H groups in total. The standard InChI is InChI=1S/C15H17NO3/c17-10-9-16-15(11-5-1-3-7-13(11)18)12-6-2-4-8-14(12)19/h1-8,15-19H,9-10H2. The van der Waals surface area contributed by atoms with Gasteiger partial charge in [-0.2, -0.15) is 0 Å². The summed E-state index contributed by atoms with van der Waals surface area (Å²) in [6, 6.07) is 13.5. The number of para-hydroxylation sites is 2. The van der Waals surface area contributed by atoms with Crippen molar-refractivity contribution >= 4 is 0 Å². The van der Waals surface area contributed by atoms with Gasteiger partial charge in [0.15, 0.2) is 0 Å². The van der Waals surface area contributed by atoms with Gasteiger partial charge in [0.25, 0.3) is 0 Å². The fourth-order valence-electron chi connectivity index (χ4n) is 2.06. The molecule has 4 nitrogen and oxygen atoms in total. The van der Waals surface area contributed by atoms with Gasteiger partial charge in [0.05, 0.1) is 12.6 Å². The highest BCUT2D eigenvalue weighted by atomic mass is 16.3. The van der Waals surface area contributed by atoms with Crippen LogP contribution in [0.1, 0.15) is 17.2 Å². The number of hydrogen-bond donors (Lipinski definition) is 4. The minimum absolute atomic E-state index is 0.0162. The molecule has 0 bridgehead atoms. The largest absolute Gasteiger partial charge is 0.508 e. The van der Waals surface area contributed by atoms with Crippen LogP contribution < -0.4 is 5.32 Å². The van der Waals surface area contributed by atoms with Gasteiger partial charge >= 0.3 is 0 Å².